The van der Waals surface area contributed by atoms with Crippen molar-refractivity contribution in [2.45, 2.75) is 32.4 Å². The van der Waals surface area contributed by atoms with Gasteiger partial charge >= 0.3 is 0 Å². The SMILES string of the molecule is CC(C)n1cc(Cl)cc1C(=O)NC(C)(CO)CO. The van der Waals surface area contributed by atoms with Crippen molar-refractivity contribution >= 4 is 17.5 Å². The molecule has 0 saturated carbocycles. The van der Waals surface area contributed by atoms with Crippen LogP contribution in [0.2, 0.25) is 5.02 Å². The van der Waals surface area contributed by atoms with Crippen LogP contribution in [-0.2, 0) is 0 Å². The van der Waals surface area contributed by atoms with E-state index in [1.807, 2.05) is 13.8 Å². The molecule has 102 valence electrons. The van der Waals surface area contributed by atoms with Crippen molar-refractivity contribution in [3.63, 3.8) is 0 Å². The van der Waals surface area contributed by atoms with Crippen LogP contribution >= 0.6 is 11.6 Å². The number of hydrogen-bond donors (Lipinski definition) is 3. The Morgan fingerprint density at radius 1 is 1.50 bits per heavy atom. The summed E-state index contributed by atoms with van der Waals surface area (Å²) in [5.74, 6) is -0.374. The predicted octanol–water partition coefficient (Wildman–Crippen LogP) is 1.20. The molecule has 0 saturated heterocycles. The van der Waals surface area contributed by atoms with Gasteiger partial charge in [-0.3, -0.25) is 4.79 Å². The number of nitrogens with one attached hydrogen (secondary N) is 1. The number of carbonyl (C=O) groups is 1. The van der Waals surface area contributed by atoms with E-state index in [0.29, 0.717) is 10.7 Å². The molecule has 0 fully saturated rings. The molecule has 0 aromatic carbocycles. The molecule has 18 heavy (non-hydrogen) atoms. The highest BCUT2D eigenvalue weighted by molar-refractivity contribution is 6.31. The molecule has 0 aliphatic rings. The zero-order valence-electron chi connectivity index (χ0n) is 10.8. The van der Waals surface area contributed by atoms with Gasteiger partial charge in [0.05, 0.1) is 23.8 Å². The van der Waals surface area contributed by atoms with Gasteiger partial charge in [-0.05, 0) is 26.8 Å². The van der Waals surface area contributed by atoms with Gasteiger partial charge in [0.25, 0.3) is 5.91 Å². The average molecular weight is 275 g/mol. The van der Waals surface area contributed by atoms with Gasteiger partial charge in [0.15, 0.2) is 0 Å². The molecule has 0 unspecified atom stereocenters. The second-order valence-electron chi connectivity index (χ2n) is 4.88. The molecule has 6 heteroatoms. The van der Waals surface area contributed by atoms with E-state index in [2.05, 4.69) is 5.32 Å². The maximum Gasteiger partial charge on any atom is 0.268 e. The van der Waals surface area contributed by atoms with Crippen LogP contribution in [-0.4, -0.2) is 39.4 Å². The summed E-state index contributed by atoms with van der Waals surface area (Å²) in [4.78, 5) is 12.1. The molecule has 1 aromatic heterocycles. The number of aliphatic hydroxyl groups excluding tert-OH is 2. The van der Waals surface area contributed by atoms with Gasteiger partial charge in [-0.1, -0.05) is 11.6 Å². The lowest BCUT2D eigenvalue weighted by atomic mass is 10.1. The van der Waals surface area contributed by atoms with Gasteiger partial charge in [-0.25, -0.2) is 0 Å². The first-order valence-electron chi connectivity index (χ1n) is 5.74. The summed E-state index contributed by atoms with van der Waals surface area (Å²) in [6, 6.07) is 1.65. The Bertz CT molecular complexity index is 425. The van der Waals surface area contributed by atoms with Crippen molar-refractivity contribution in [3.8, 4) is 0 Å². The number of hydrogen-bond acceptors (Lipinski definition) is 3. The molecule has 5 nitrogen and oxygen atoms in total. The minimum Gasteiger partial charge on any atom is -0.394 e. The number of aromatic nitrogens is 1. The minimum absolute atomic E-state index is 0.0905. The Balaban J connectivity index is 2.97. The van der Waals surface area contributed by atoms with Crippen molar-refractivity contribution in [2.75, 3.05) is 13.2 Å². The molecule has 1 aromatic rings. The van der Waals surface area contributed by atoms with E-state index in [1.165, 1.54) is 0 Å². The number of rotatable bonds is 5. The van der Waals surface area contributed by atoms with E-state index in [0.717, 1.165) is 0 Å². The third-order valence-corrected chi connectivity index (χ3v) is 2.92. The van der Waals surface area contributed by atoms with Gasteiger partial charge < -0.3 is 20.1 Å². The van der Waals surface area contributed by atoms with Gasteiger partial charge in [-0.2, -0.15) is 0 Å². The van der Waals surface area contributed by atoms with Crippen LogP contribution in [0.1, 0.15) is 37.3 Å². The van der Waals surface area contributed by atoms with Crippen molar-refractivity contribution in [3.05, 3.63) is 23.0 Å². The summed E-state index contributed by atoms with van der Waals surface area (Å²) in [6.45, 7) is 4.75. The molecular weight excluding hydrogens is 256 g/mol. The van der Waals surface area contributed by atoms with Crippen LogP contribution in [0.4, 0.5) is 0 Å². The van der Waals surface area contributed by atoms with E-state index in [9.17, 15) is 4.79 Å². The van der Waals surface area contributed by atoms with Crippen molar-refractivity contribution < 1.29 is 15.0 Å². The summed E-state index contributed by atoms with van der Waals surface area (Å²) in [6.07, 6.45) is 1.68. The maximum atomic E-state index is 12.1. The van der Waals surface area contributed by atoms with Crippen LogP contribution in [0, 0.1) is 0 Å². The van der Waals surface area contributed by atoms with E-state index >= 15 is 0 Å². The van der Waals surface area contributed by atoms with E-state index in [-0.39, 0.29) is 25.2 Å². The van der Waals surface area contributed by atoms with Crippen LogP contribution < -0.4 is 5.32 Å². The second kappa shape index (κ2) is 5.73. The van der Waals surface area contributed by atoms with Gasteiger partial charge in [-0.15, -0.1) is 0 Å². The molecule has 0 bridgehead atoms. The largest absolute Gasteiger partial charge is 0.394 e. The Kier molecular flexibility index (Phi) is 4.78. The van der Waals surface area contributed by atoms with E-state index in [1.54, 1.807) is 23.8 Å². The fraction of sp³-hybridized carbons (Fsp3) is 0.583. The lowest BCUT2D eigenvalue weighted by Gasteiger charge is -2.26. The monoisotopic (exact) mass is 274 g/mol. The fourth-order valence-corrected chi connectivity index (χ4v) is 1.73. The predicted molar refractivity (Wildman–Crippen MR) is 69.9 cm³/mol. The maximum absolute atomic E-state index is 12.1. The molecule has 0 aliphatic heterocycles. The first-order chi connectivity index (χ1) is 8.33. The molecule has 0 radical (unpaired) electrons. The smallest absolute Gasteiger partial charge is 0.268 e. The Morgan fingerprint density at radius 2 is 2.06 bits per heavy atom. The number of amides is 1. The van der Waals surface area contributed by atoms with Gasteiger partial charge in [0.1, 0.15) is 5.69 Å². The molecular formula is C12H19ClN2O3. The highest BCUT2D eigenvalue weighted by atomic mass is 35.5. The van der Waals surface area contributed by atoms with Crippen molar-refractivity contribution in [1.82, 2.24) is 9.88 Å². The van der Waals surface area contributed by atoms with Crippen molar-refractivity contribution in [1.29, 1.82) is 0 Å². The van der Waals surface area contributed by atoms with E-state index < -0.39 is 5.54 Å². The Labute approximate surface area is 111 Å². The summed E-state index contributed by atoms with van der Waals surface area (Å²) in [7, 11) is 0. The normalized spacial score (nSPS) is 11.9. The van der Waals surface area contributed by atoms with Crippen molar-refractivity contribution in [2.24, 2.45) is 0 Å². The Hall–Kier alpha value is -1.04. The molecule has 0 atom stereocenters. The molecule has 1 heterocycles. The fourth-order valence-electron chi connectivity index (χ4n) is 1.52. The summed E-state index contributed by atoms with van der Waals surface area (Å²) in [5, 5.41) is 21.4. The summed E-state index contributed by atoms with van der Waals surface area (Å²) in [5.41, 5.74) is -0.640. The quantitative estimate of drug-likeness (QED) is 0.755. The van der Waals surface area contributed by atoms with Crippen LogP contribution in [0.25, 0.3) is 0 Å². The number of aliphatic hydroxyl groups is 2. The lowest BCUT2D eigenvalue weighted by Crippen LogP contribution is -2.52. The zero-order chi connectivity index (χ0) is 13.9. The minimum atomic E-state index is -1.05. The number of halogens is 1. The number of carbonyl (C=O) groups excluding carboxylic acids is 1. The van der Waals surface area contributed by atoms with Gasteiger partial charge in [0, 0.05) is 12.2 Å². The zero-order valence-corrected chi connectivity index (χ0v) is 11.5. The summed E-state index contributed by atoms with van der Waals surface area (Å²) < 4.78 is 1.74. The Morgan fingerprint density at radius 3 is 2.50 bits per heavy atom. The average Bonchev–Trinajstić information content (AvgIpc) is 2.71. The second-order valence-corrected chi connectivity index (χ2v) is 5.31. The summed E-state index contributed by atoms with van der Waals surface area (Å²) >= 11 is 5.89. The standard InChI is InChI=1S/C12H19ClN2O3/c1-8(2)15-5-9(13)4-10(15)11(18)14-12(3,6-16)7-17/h4-5,8,16-17H,6-7H2,1-3H3,(H,14,18). The molecule has 0 aliphatic carbocycles. The van der Waals surface area contributed by atoms with Crippen LogP contribution in [0.5, 0.6) is 0 Å². The lowest BCUT2D eigenvalue weighted by molar-refractivity contribution is 0.0714. The third kappa shape index (κ3) is 3.25. The first-order valence-corrected chi connectivity index (χ1v) is 6.12. The van der Waals surface area contributed by atoms with Crippen LogP contribution in [0.3, 0.4) is 0 Å². The highest BCUT2D eigenvalue weighted by Crippen LogP contribution is 2.19. The van der Waals surface area contributed by atoms with Crippen LogP contribution in [0.15, 0.2) is 12.3 Å². The van der Waals surface area contributed by atoms with E-state index in [4.69, 9.17) is 21.8 Å². The molecule has 0 spiro atoms. The topological polar surface area (TPSA) is 74.5 Å². The molecule has 1 amide bonds. The molecule has 3 N–H and O–H groups in total. The van der Waals surface area contributed by atoms with Gasteiger partial charge in [0.2, 0.25) is 0 Å². The first kappa shape index (κ1) is 15.0. The highest BCUT2D eigenvalue weighted by Gasteiger charge is 2.27. The number of nitrogens with zero attached hydrogens (tertiary/aromatic N) is 1. The molecule has 1 rings (SSSR count). The third-order valence-electron chi connectivity index (χ3n) is 2.72.